The van der Waals surface area contributed by atoms with Gasteiger partial charge in [-0.15, -0.1) is 0 Å². The first kappa shape index (κ1) is 10.3. The summed E-state index contributed by atoms with van der Waals surface area (Å²) >= 11 is 0. The number of nitrogens with two attached hydrogens (primary N) is 1. The van der Waals surface area contributed by atoms with Gasteiger partial charge in [-0.2, -0.15) is 0 Å². The Labute approximate surface area is 96.8 Å². The van der Waals surface area contributed by atoms with Gasteiger partial charge in [-0.05, 0) is 37.2 Å². The minimum absolute atomic E-state index is 0.123. The molecule has 1 heterocycles. The summed E-state index contributed by atoms with van der Waals surface area (Å²) in [6, 6.07) is 10.5. The van der Waals surface area contributed by atoms with Gasteiger partial charge in [0, 0.05) is 12.1 Å². The Morgan fingerprint density at radius 1 is 1.25 bits per heavy atom. The predicted molar refractivity (Wildman–Crippen MR) is 64.1 cm³/mol. The second-order valence-electron chi connectivity index (χ2n) is 5.27. The molecule has 2 atom stereocenters. The highest BCUT2D eigenvalue weighted by Gasteiger charge is 2.48. The van der Waals surface area contributed by atoms with Crippen LogP contribution in [0.2, 0.25) is 0 Å². The van der Waals surface area contributed by atoms with Crippen molar-refractivity contribution in [3.05, 3.63) is 35.9 Å². The van der Waals surface area contributed by atoms with Crippen molar-refractivity contribution in [1.82, 2.24) is 0 Å². The van der Waals surface area contributed by atoms with E-state index in [1.165, 1.54) is 18.4 Å². The lowest BCUT2D eigenvalue weighted by atomic mass is 9.83. The van der Waals surface area contributed by atoms with Crippen LogP contribution in [0.25, 0.3) is 0 Å². The molecule has 0 amide bonds. The van der Waals surface area contributed by atoms with Gasteiger partial charge in [-0.1, -0.05) is 30.3 Å². The maximum atomic E-state index is 6.55. The Morgan fingerprint density at radius 3 is 2.69 bits per heavy atom. The molecule has 2 nitrogen and oxygen atoms in total. The molecule has 3 rings (SSSR count). The second kappa shape index (κ2) is 3.86. The van der Waals surface area contributed by atoms with Crippen LogP contribution in [0.15, 0.2) is 30.3 Å². The van der Waals surface area contributed by atoms with E-state index >= 15 is 0 Å². The highest BCUT2D eigenvalue weighted by Crippen LogP contribution is 2.43. The average molecular weight is 217 g/mol. The zero-order valence-electron chi connectivity index (χ0n) is 9.56. The minimum Gasteiger partial charge on any atom is -0.376 e. The van der Waals surface area contributed by atoms with E-state index in [1.54, 1.807) is 0 Å². The summed E-state index contributed by atoms with van der Waals surface area (Å²) in [5, 5.41) is 0. The first-order valence-electron chi connectivity index (χ1n) is 6.22. The standard InChI is InChI=1S/C14H19NO/c15-14(10-11-4-2-1-3-5-11)8-9-16-13(14)12-6-7-12/h1-5,12-13H,6-10,15H2. The summed E-state index contributed by atoms with van der Waals surface area (Å²) < 4.78 is 5.84. The second-order valence-corrected chi connectivity index (χ2v) is 5.27. The van der Waals surface area contributed by atoms with E-state index < -0.39 is 0 Å². The van der Waals surface area contributed by atoms with Crippen molar-refractivity contribution < 1.29 is 4.74 Å². The molecule has 86 valence electrons. The predicted octanol–water partition coefficient (Wildman–Crippen LogP) is 2.13. The summed E-state index contributed by atoms with van der Waals surface area (Å²) in [5.74, 6) is 0.733. The molecule has 1 aromatic carbocycles. The highest BCUT2D eigenvalue weighted by atomic mass is 16.5. The number of rotatable bonds is 3. The topological polar surface area (TPSA) is 35.2 Å². The van der Waals surface area contributed by atoms with Gasteiger partial charge in [0.15, 0.2) is 0 Å². The number of hydrogen-bond donors (Lipinski definition) is 1. The van der Waals surface area contributed by atoms with E-state index in [-0.39, 0.29) is 5.54 Å². The number of benzene rings is 1. The van der Waals surface area contributed by atoms with E-state index in [0.717, 1.165) is 25.4 Å². The minimum atomic E-state index is -0.123. The average Bonchev–Trinajstić information content (AvgIpc) is 3.04. The summed E-state index contributed by atoms with van der Waals surface area (Å²) in [4.78, 5) is 0. The molecule has 0 spiro atoms. The van der Waals surface area contributed by atoms with Crippen LogP contribution in [0.1, 0.15) is 24.8 Å². The molecule has 2 heteroatoms. The number of ether oxygens (including phenoxy) is 1. The lowest BCUT2D eigenvalue weighted by molar-refractivity contribution is 0.0627. The molecule has 1 aliphatic heterocycles. The fourth-order valence-electron chi connectivity index (χ4n) is 2.85. The zero-order valence-corrected chi connectivity index (χ0v) is 9.56. The van der Waals surface area contributed by atoms with Gasteiger partial charge < -0.3 is 10.5 Å². The zero-order chi connectivity index (χ0) is 11.0. The van der Waals surface area contributed by atoms with Gasteiger partial charge in [0.2, 0.25) is 0 Å². The third-order valence-electron chi connectivity index (χ3n) is 3.86. The molecule has 1 saturated carbocycles. The van der Waals surface area contributed by atoms with Crippen LogP contribution in [0.4, 0.5) is 0 Å². The Hall–Kier alpha value is -0.860. The molecule has 1 saturated heterocycles. The lowest BCUT2D eigenvalue weighted by Gasteiger charge is -2.30. The summed E-state index contributed by atoms with van der Waals surface area (Å²) in [5.41, 5.74) is 7.76. The Kier molecular flexibility index (Phi) is 2.49. The van der Waals surface area contributed by atoms with Crippen LogP contribution in [0.3, 0.4) is 0 Å². The summed E-state index contributed by atoms with van der Waals surface area (Å²) in [7, 11) is 0. The summed E-state index contributed by atoms with van der Waals surface area (Å²) in [6.07, 6.45) is 4.86. The maximum Gasteiger partial charge on any atom is 0.0786 e. The molecule has 16 heavy (non-hydrogen) atoms. The quantitative estimate of drug-likeness (QED) is 0.841. The third-order valence-corrected chi connectivity index (χ3v) is 3.86. The summed E-state index contributed by atoms with van der Waals surface area (Å²) in [6.45, 7) is 0.838. The smallest absolute Gasteiger partial charge is 0.0786 e. The van der Waals surface area contributed by atoms with Gasteiger partial charge in [0.1, 0.15) is 0 Å². The van der Waals surface area contributed by atoms with Crippen molar-refractivity contribution >= 4 is 0 Å². The Balaban J connectivity index is 1.77. The molecule has 2 N–H and O–H groups in total. The van der Waals surface area contributed by atoms with Crippen molar-refractivity contribution in [1.29, 1.82) is 0 Å². The Bertz CT molecular complexity index is 360. The molecule has 2 unspecified atom stereocenters. The first-order chi connectivity index (χ1) is 7.78. The van der Waals surface area contributed by atoms with Crippen LogP contribution in [0.5, 0.6) is 0 Å². The largest absolute Gasteiger partial charge is 0.376 e. The molecule has 2 fully saturated rings. The molecule has 1 aromatic rings. The molecule has 0 radical (unpaired) electrons. The monoisotopic (exact) mass is 217 g/mol. The fraction of sp³-hybridized carbons (Fsp3) is 0.571. The van der Waals surface area contributed by atoms with E-state index in [0.29, 0.717) is 6.10 Å². The maximum absolute atomic E-state index is 6.55. The molecule has 2 aliphatic rings. The number of hydrogen-bond acceptors (Lipinski definition) is 2. The van der Waals surface area contributed by atoms with Crippen LogP contribution >= 0.6 is 0 Å². The van der Waals surface area contributed by atoms with Crippen molar-refractivity contribution in [3.8, 4) is 0 Å². The van der Waals surface area contributed by atoms with Crippen LogP contribution in [-0.2, 0) is 11.2 Å². The highest BCUT2D eigenvalue weighted by molar-refractivity contribution is 5.20. The van der Waals surface area contributed by atoms with Crippen LogP contribution in [-0.4, -0.2) is 18.2 Å². The molecule has 1 aliphatic carbocycles. The van der Waals surface area contributed by atoms with Gasteiger partial charge in [-0.25, -0.2) is 0 Å². The molecule has 0 aromatic heterocycles. The van der Waals surface area contributed by atoms with Crippen molar-refractivity contribution in [3.63, 3.8) is 0 Å². The lowest BCUT2D eigenvalue weighted by Crippen LogP contribution is -2.50. The first-order valence-corrected chi connectivity index (χ1v) is 6.22. The van der Waals surface area contributed by atoms with Crippen molar-refractivity contribution in [2.45, 2.75) is 37.3 Å². The van der Waals surface area contributed by atoms with Crippen molar-refractivity contribution in [2.75, 3.05) is 6.61 Å². The van der Waals surface area contributed by atoms with Gasteiger partial charge >= 0.3 is 0 Å². The molecular weight excluding hydrogens is 198 g/mol. The molecular formula is C14H19NO. The van der Waals surface area contributed by atoms with Crippen LogP contribution < -0.4 is 5.73 Å². The van der Waals surface area contributed by atoms with E-state index in [2.05, 4.69) is 30.3 Å². The van der Waals surface area contributed by atoms with E-state index in [1.807, 2.05) is 0 Å². The Morgan fingerprint density at radius 2 is 2.00 bits per heavy atom. The molecule has 0 bridgehead atoms. The van der Waals surface area contributed by atoms with E-state index in [9.17, 15) is 0 Å². The normalized spacial score (nSPS) is 34.2. The third kappa shape index (κ3) is 1.87. The van der Waals surface area contributed by atoms with E-state index in [4.69, 9.17) is 10.5 Å². The fourth-order valence-corrected chi connectivity index (χ4v) is 2.85. The van der Waals surface area contributed by atoms with Crippen LogP contribution in [0, 0.1) is 5.92 Å². The van der Waals surface area contributed by atoms with Gasteiger partial charge in [-0.3, -0.25) is 0 Å². The van der Waals surface area contributed by atoms with Crippen molar-refractivity contribution in [2.24, 2.45) is 11.7 Å². The SMILES string of the molecule is NC1(Cc2ccccc2)CCOC1C1CC1. The van der Waals surface area contributed by atoms with Gasteiger partial charge in [0.05, 0.1) is 6.10 Å². The van der Waals surface area contributed by atoms with Gasteiger partial charge in [0.25, 0.3) is 0 Å².